The topological polar surface area (TPSA) is 55.1 Å². The van der Waals surface area contributed by atoms with Crippen LogP contribution in [0.2, 0.25) is 0 Å². The van der Waals surface area contributed by atoms with Crippen LogP contribution in [0.1, 0.15) is 24.7 Å². The number of aryl methyl sites for hydroxylation is 1. The third-order valence-corrected chi connectivity index (χ3v) is 4.10. The normalized spacial score (nSPS) is 11.2. The molecule has 0 bridgehead atoms. The van der Waals surface area contributed by atoms with E-state index in [2.05, 4.69) is 40.5 Å². The van der Waals surface area contributed by atoms with Gasteiger partial charge in [0.15, 0.2) is 5.65 Å². The summed E-state index contributed by atoms with van der Waals surface area (Å²) in [4.78, 5) is 9.06. The van der Waals surface area contributed by atoms with Crippen molar-refractivity contribution in [2.75, 3.05) is 5.32 Å². The standard InChI is InChI=1S/C19H19N5/c1-2-5-14-12-18(16-6-3-4-7-17(16)23-14)21-13-15-8-10-20-19-9-11-22-24(15)19/h3-4,6-12H,2,5,13H2,1H3,(H,21,23). The summed E-state index contributed by atoms with van der Waals surface area (Å²) in [6, 6.07) is 14.3. The second kappa shape index (κ2) is 6.28. The Hall–Kier alpha value is -2.95. The number of benzene rings is 1. The van der Waals surface area contributed by atoms with E-state index in [1.54, 1.807) is 6.20 Å². The Morgan fingerprint density at radius 2 is 2.00 bits per heavy atom. The maximum absolute atomic E-state index is 4.75. The van der Waals surface area contributed by atoms with Crippen LogP contribution in [0.5, 0.6) is 0 Å². The molecule has 0 fully saturated rings. The summed E-state index contributed by atoms with van der Waals surface area (Å²) in [5.41, 5.74) is 5.20. The first-order valence-electron chi connectivity index (χ1n) is 8.25. The first kappa shape index (κ1) is 14.6. The molecule has 120 valence electrons. The highest BCUT2D eigenvalue weighted by Gasteiger charge is 2.07. The van der Waals surface area contributed by atoms with Crippen molar-refractivity contribution in [1.82, 2.24) is 19.6 Å². The average molecular weight is 317 g/mol. The molecule has 0 aliphatic rings. The zero-order valence-corrected chi connectivity index (χ0v) is 13.6. The molecule has 5 nitrogen and oxygen atoms in total. The van der Waals surface area contributed by atoms with Crippen molar-refractivity contribution < 1.29 is 0 Å². The summed E-state index contributed by atoms with van der Waals surface area (Å²) in [7, 11) is 0. The first-order valence-corrected chi connectivity index (χ1v) is 8.25. The van der Waals surface area contributed by atoms with Crippen LogP contribution in [0.3, 0.4) is 0 Å². The minimum atomic E-state index is 0.681. The van der Waals surface area contributed by atoms with Gasteiger partial charge in [0.25, 0.3) is 0 Å². The van der Waals surface area contributed by atoms with Gasteiger partial charge in [-0.15, -0.1) is 0 Å². The lowest BCUT2D eigenvalue weighted by atomic mass is 10.1. The molecule has 0 saturated heterocycles. The number of rotatable bonds is 5. The van der Waals surface area contributed by atoms with E-state index in [-0.39, 0.29) is 0 Å². The number of hydrogen-bond acceptors (Lipinski definition) is 4. The van der Waals surface area contributed by atoms with Crippen LogP contribution in [0.4, 0.5) is 5.69 Å². The van der Waals surface area contributed by atoms with Gasteiger partial charge in [-0.25, -0.2) is 9.50 Å². The van der Waals surface area contributed by atoms with E-state index in [0.717, 1.165) is 46.5 Å². The molecule has 0 saturated carbocycles. The minimum absolute atomic E-state index is 0.681. The number of nitrogens with one attached hydrogen (secondary N) is 1. The molecular weight excluding hydrogens is 298 g/mol. The lowest BCUT2D eigenvalue weighted by molar-refractivity contribution is 0.853. The summed E-state index contributed by atoms with van der Waals surface area (Å²) < 4.78 is 1.86. The van der Waals surface area contributed by atoms with E-state index in [0.29, 0.717) is 6.54 Å². The lowest BCUT2D eigenvalue weighted by Gasteiger charge is -2.12. The van der Waals surface area contributed by atoms with Gasteiger partial charge in [-0.2, -0.15) is 5.10 Å². The number of fused-ring (bicyclic) bond motifs is 2. The summed E-state index contributed by atoms with van der Waals surface area (Å²) in [6.45, 7) is 2.86. The highest BCUT2D eigenvalue weighted by Crippen LogP contribution is 2.24. The van der Waals surface area contributed by atoms with Gasteiger partial charge in [-0.05, 0) is 24.6 Å². The van der Waals surface area contributed by atoms with Crippen LogP contribution in [0.25, 0.3) is 16.6 Å². The molecule has 1 aromatic carbocycles. The Bertz CT molecular complexity index is 989. The van der Waals surface area contributed by atoms with Gasteiger partial charge in [-0.3, -0.25) is 4.98 Å². The molecule has 0 aliphatic heterocycles. The fourth-order valence-corrected chi connectivity index (χ4v) is 2.97. The molecule has 0 spiro atoms. The fourth-order valence-electron chi connectivity index (χ4n) is 2.97. The fraction of sp³-hybridized carbons (Fsp3) is 0.211. The van der Waals surface area contributed by atoms with Crippen LogP contribution in [-0.4, -0.2) is 19.6 Å². The van der Waals surface area contributed by atoms with Crippen LogP contribution in [0, 0.1) is 0 Å². The van der Waals surface area contributed by atoms with Crippen molar-refractivity contribution in [3.8, 4) is 0 Å². The number of nitrogens with zero attached hydrogens (tertiary/aromatic N) is 4. The first-order chi connectivity index (χ1) is 11.8. The predicted octanol–water partition coefficient (Wildman–Crippen LogP) is 3.84. The second-order valence-electron chi connectivity index (χ2n) is 5.82. The number of anilines is 1. The predicted molar refractivity (Wildman–Crippen MR) is 96.1 cm³/mol. The smallest absolute Gasteiger partial charge is 0.155 e. The third kappa shape index (κ3) is 2.69. The average Bonchev–Trinajstić information content (AvgIpc) is 3.09. The SMILES string of the molecule is CCCc1cc(NCc2ccnc3ccnn23)c2ccccc2n1. The minimum Gasteiger partial charge on any atom is -0.379 e. The van der Waals surface area contributed by atoms with Crippen molar-refractivity contribution in [2.24, 2.45) is 0 Å². The van der Waals surface area contributed by atoms with Crippen LogP contribution in [0.15, 0.2) is 54.9 Å². The molecule has 24 heavy (non-hydrogen) atoms. The Labute approximate surface area is 140 Å². The summed E-state index contributed by atoms with van der Waals surface area (Å²) >= 11 is 0. The molecule has 5 heteroatoms. The highest BCUT2D eigenvalue weighted by molar-refractivity contribution is 5.91. The third-order valence-electron chi connectivity index (χ3n) is 4.10. The van der Waals surface area contributed by atoms with E-state index < -0.39 is 0 Å². The summed E-state index contributed by atoms with van der Waals surface area (Å²) in [5, 5.41) is 9.04. The van der Waals surface area contributed by atoms with Crippen molar-refractivity contribution in [2.45, 2.75) is 26.3 Å². The molecule has 0 unspecified atom stereocenters. The molecule has 4 aromatic rings. The van der Waals surface area contributed by atoms with Gasteiger partial charge < -0.3 is 5.32 Å². The zero-order chi connectivity index (χ0) is 16.4. The Kier molecular flexibility index (Phi) is 3.83. The van der Waals surface area contributed by atoms with Gasteiger partial charge in [0.1, 0.15) is 0 Å². The molecule has 3 heterocycles. The molecular formula is C19H19N5. The molecule has 0 amide bonds. The molecule has 3 aromatic heterocycles. The van der Waals surface area contributed by atoms with E-state index in [4.69, 9.17) is 4.98 Å². The lowest BCUT2D eigenvalue weighted by Crippen LogP contribution is -2.07. The Morgan fingerprint density at radius 3 is 2.92 bits per heavy atom. The number of hydrogen-bond donors (Lipinski definition) is 1. The second-order valence-corrected chi connectivity index (χ2v) is 5.82. The molecule has 0 radical (unpaired) electrons. The molecule has 4 rings (SSSR count). The number of pyridine rings is 1. The van der Waals surface area contributed by atoms with E-state index in [1.165, 1.54) is 0 Å². The molecule has 0 aliphatic carbocycles. The van der Waals surface area contributed by atoms with Gasteiger partial charge in [0.2, 0.25) is 0 Å². The summed E-state index contributed by atoms with van der Waals surface area (Å²) in [6.07, 6.45) is 5.66. The largest absolute Gasteiger partial charge is 0.379 e. The number of aromatic nitrogens is 4. The molecule has 0 atom stereocenters. The maximum atomic E-state index is 4.75. The highest BCUT2D eigenvalue weighted by atomic mass is 15.3. The van der Waals surface area contributed by atoms with E-state index >= 15 is 0 Å². The van der Waals surface area contributed by atoms with Crippen LogP contribution in [-0.2, 0) is 13.0 Å². The zero-order valence-electron chi connectivity index (χ0n) is 13.6. The van der Waals surface area contributed by atoms with Gasteiger partial charge in [-0.1, -0.05) is 31.5 Å². The van der Waals surface area contributed by atoms with Gasteiger partial charge in [0, 0.05) is 29.0 Å². The van der Waals surface area contributed by atoms with Gasteiger partial charge >= 0.3 is 0 Å². The van der Waals surface area contributed by atoms with Gasteiger partial charge in [0.05, 0.1) is 24.0 Å². The summed E-state index contributed by atoms with van der Waals surface area (Å²) in [5.74, 6) is 0. The molecule has 1 N–H and O–H groups in total. The monoisotopic (exact) mass is 317 g/mol. The van der Waals surface area contributed by atoms with Crippen molar-refractivity contribution in [3.63, 3.8) is 0 Å². The van der Waals surface area contributed by atoms with Crippen LogP contribution < -0.4 is 5.32 Å². The quantitative estimate of drug-likeness (QED) is 0.607. The van der Waals surface area contributed by atoms with E-state index in [9.17, 15) is 0 Å². The number of para-hydroxylation sites is 1. The van der Waals surface area contributed by atoms with Crippen molar-refractivity contribution in [3.05, 3.63) is 66.2 Å². The van der Waals surface area contributed by atoms with E-state index in [1.807, 2.05) is 35.0 Å². The Balaban J connectivity index is 1.69. The van der Waals surface area contributed by atoms with Crippen molar-refractivity contribution >= 4 is 22.2 Å². The van der Waals surface area contributed by atoms with Crippen LogP contribution >= 0.6 is 0 Å². The van der Waals surface area contributed by atoms with Crippen molar-refractivity contribution in [1.29, 1.82) is 0 Å². The Morgan fingerprint density at radius 1 is 1.08 bits per heavy atom. The maximum Gasteiger partial charge on any atom is 0.155 e.